The van der Waals surface area contributed by atoms with Crippen molar-refractivity contribution >= 4 is 18.2 Å². The van der Waals surface area contributed by atoms with Gasteiger partial charge < -0.3 is 4.74 Å². The van der Waals surface area contributed by atoms with E-state index in [0.717, 1.165) is 41.9 Å². The summed E-state index contributed by atoms with van der Waals surface area (Å²) in [5.41, 5.74) is 4.75. The Morgan fingerprint density at radius 1 is 1.23 bits per heavy atom. The van der Waals surface area contributed by atoms with Crippen molar-refractivity contribution in [1.82, 2.24) is 0 Å². The molecule has 2 rings (SSSR count). The quantitative estimate of drug-likeness (QED) is 0.378. The largest absolute Gasteiger partial charge is 0.456 e. The van der Waals surface area contributed by atoms with Gasteiger partial charge in [-0.1, -0.05) is 58.1 Å². The van der Waals surface area contributed by atoms with Crippen molar-refractivity contribution in [2.75, 3.05) is 0 Å². The summed E-state index contributed by atoms with van der Waals surface area (Å²) in [5.74, 6) is 2.59. The summed E-state index contributed by atoms with van der Waals surface area (Å²) in [4.78, 5) is 0. The van der Waals surface area contributed by atoms with E-state index in [2.05, 4.69) is 65.1 Å². The molecule has 26 heavy (non-hydrogen) atoms. The van der Waals surface area contributed by atoms with Crippen molar-refractivity contribution in [2.24, 2.45) is 11.8 Å². The fraction of sp³-hybridized carbons (Fsp3) is 0.417. The first-order chi connectivity index (χ1) is 12.5. The number of hydrogen-bond acceptors (Lipinski definition) is 2. The van der Waals surface area contributed by atoms with Gasteiger partial charge in [0.1, 0.15) is 11.5 Å². The second-order valence-corrected chi connectivity index (χ2v) is 7.77. The summed E-state index contributed by atoms with van der Waals surface area (Å²) < 4.78 is 6.34. The molecular formula is C24H32OS. The summed E-state index contributed by atoms with van der Waals surface area (Å²) in [7, 11) is 0. The third-order valence-corrected chi connectivity index (χ3v) is 5.68. The first kappa shape index (κ1) is 20.6. The molecule has 1 aliphatic rings. The Bertz CT molecular complexity index is 726. The van der Waals surface area contributed by atoms with Crippen LogP contribution in [0.3, 0.4) is 0 Å². The number of allylic oxidation sites excluding steroid dienone is 3. The summed E-state index contributed by atoms with van der Waals surface area (Å²) in [6.45, 7) is 16.8. The van der Waals surface area contributed by atoms with Gasteiger partial charge in [0.05, 0.1) is 0 Å². The molecular weight excluding hydrogens is 336 g/mol. The highest BCUT2D eigenvalue weighted by molar-refractivity contribution is 7.81. The van der Waals surface area contributed by atoms with Crippen LogP contribution >= 0.6 is 12.6 Å². The fourth-order valence-electron chi connectivity index (χ4n) is 3.46. The SMILES string of the molecule is C=CC1=C(C(CCC)C(S)C=C)c2ccc(C)cc2O/C1=C/C(C)CC. The number of ether oxygens (including phenoxy) is 1. The lowest BCUT2D eigenvalue weighted by Gasteiger charge is -2.32. The smallest absolute Gasteiger partial charge is 0.135 e. The van der Waals surface area contributed by atoms with Gasteiger partial charge in [0, 0.05) is 22.3 Å². The number of rotatable bonds is 8. The predicted molar refractivity (Wildman–Crippen MR) is 118 cm³/mol. The van der Waals surface area contributed by atoms with Gasteiger partial charge in [-0.15, -0.1) is 6.58 Å². The predicted octanol–water partition coefficient (Wildman–Crippen LogP) is 7.16. The van der Waals surface area contributed by atoms with E-state index in [0.29, 0.717) is 5.92 Å². The van der Waals surface area contributed by atoms with E-state index in [9.17, 15) is 0 Å². The molecule has 1 aliphatic heterocycles. The van der Waals surface area contributed by atoms with Crippen LogP contribution in [0.15, 0.2) is 60.9 Å². The van der Waals surface area contributed by atoms with Crippen LogP contribution in [0, 0.1) is 18.8 Å². The average Bonchev–Trinajstić information content (AvgIpc) is 2.64. The van der Waals surface area contributed by atoms with Gasteiger partial charge in [-0.05, 0) is 49.0 Å². The van der Waals surface area contributed by atoms with E-state index >= 15 is 0 Å². The van der Waals surface area contributed by atoms with Crippen molar-refractivity contribution in [2.45, 2.75) is 52.2 Å². The first-order valence-corrected chi connectivity index (χ1v) is 10.2. The van der Waals surface area contributed by atoms with Crippen molar-refractivity contribution in [1.29, 1.82) is 0 Å². The van der Waals surface area contributed by atoms with Crippen LogP contribution in [0.5, 0.6) is 5.75 Å². The maximum atomic E-state index is 6.34. The van der Waals surface area contributed by atoms with Crippen molar-refractivity contribution in [3.05, 3.63) is 72.0 Å². The summed E-state index contributed by atoms with van der Waals surface area (Å²) in [5, 5.41) is 0.0944. The van der Waals surface area contributed by atoms with Gasteiger partial charge in [0.2, 0.25) is 0 Å². The maximum Gasteiger partial charge on any atom is 0.135 e. The molecule has 0 aliphatic carbocycles. The van der Waals surface area contributed by atoms with Gasteiger partial charge in [-0.3, -0.25) is 0 Å². The summed E-state index contributed by atoms with van der Waals surface area (Å²) in [6.07, 6.45) is 9.34. The number of fused-ring (bicyclic) bond motifs is 1. The molecule has 0 amide bonds. The maximum absolute atomic E-state index is 6.34. The average molecular weight is 369 g/mol. The van der Waals surface area contributed by atoms with Gasteiger partial charge >= 0.3 is 0 Å². The standard InChI is InChI=1S/C24H32OS/c1-7-11-20(23(26)10-4)24-18(9-3)21(14-16(5)8-2)25-22-15-17(6)12-13-19(22)24/h9-10,12-16,20,23,26H,3-4,7-8,11H2,1-2,5-6H3/b21-14+. The van der Waals surface area contributed by atoms with Crippen molar-refractivity contribution in [3.63, 3.8) is 0 Å². The van der Waals surface area contributed by atoms with E-state index in [4.69, 9.17) is 17.4 Å². The number of benzene rings is 1. The summed E-state index contributed by atoms with van der Waals surface area (Å²) in [6, 6.07) is 6.45. The minimum absolute atomic E-state index is 0.0944. The van der Waals surface area contributed by atoms with E-state index < -0.39 is 0 Å². The zero-order valence-electron chi connectivity index (χ0n) is 16.6. The molecule has 1 heterocycles. The van der Waals surface area contributed by atoms with Crippen LogP contribution in [0.1, 0.15) is 51.2 Å². The van der Waals surface area contributed by atoms with Gasteiger partial charge in [0.25, 0.3) is 0 Å². The molecule has 0 fully saturated rings. The van der Waals surface area contributed by atoms with Gasteiger partial charge in [-0.25, -0.2) is 0 Å². The molecule has 0 saturated heterocycles. The van der Waals surface area contributed by atoms with Crippen LogP contribution in [-0.2, 0) is 0 Å². The fourth-order valence-corrected chi connectivity index (χ4v) is 3.76. The van der Waals surface area contributed by atoms with Gasteiger partial charge in [0.15, 0.2) is 0 Å². The second kappa shape index (κ2) is 9.32. The van der Waals surface area contributed by atoms with Crippen LogP contribution in [0.2, 0.25) is 0 Å². The van der Waals surface area contributed by atoms with E-state index in [1.54, 1.807) is 0 Å². The normalized spacial score (nSPS) is 18.7. The molecule has 1 nitrogen and oxygen atoms in total. The highest BCUT2D eigenvalue weighted by Gasteiger charge is 2.30. The zero-order chi connectivity index (χ0) is 19.3. The molecule has 0 bridgehead atoms. The number of aryl methyl sites for hydroxylation is 1. The zero-order valence-corrected chi connectivity index (χ0v) is 17.5. The molecule has 0 N–H and O–H groups in total. The van der Waals surface area contributed by atoms with Gasteiger partial charge in [-0.2, -0.15) is 12.6 Å². The van der Waals surface area contributed by atoms with E-state index in [1.807, 2.05) is 12.2 Å². The lowest BCUT2D eigenvalue weighted by Crippen LogP contribution is -2.21. The Hall–Kier alpha value is -1.67. The van der Waals surface area contributed by atoms with E-state index in [1.165, 1.54) is 11.1 Å². The van der Waals surface area contributed by atoms with Crippen LogP contribution in [0.25, 0.3) is 5.57 Å². The molecule has 0 radical (unpaired) electrons. The minimum atomic E-state index is 0.0944. The lowest BCUT2D eigenvalue weighted by atomic mass is 9.80. The Kier molecular flexibility index (Phi) is 7.40. The Balaban J connectivity index is 2.75. The molecule has 1 aromatic carbocycles. The highest BCUT2D eigenvalue weighted by Crippen LogP contribution is 2.45. The third-order valence-electron chi connectivity index (χ3n) is 5.11. The molecule has 0 spiro atoms. The van der Waals surface area contributed by atoms with E-state index in [-0.39, 0.29) is 11.2 Å². The molecule has 0 aromatic heterocycles. The molecule has 2 heteroatoms. The minimum Gasteiger partial charge on any atom is -0.456 e. The molecule has 3 unspecified atom stereocenters. The van der Waals surface area contributed by atoms with Crippen LogP contribution in [-0.4, -0.2) is 5.25 Å². The molecule has 1 aromatic rings. The third kappa shape index (κ3) is 4.35. The van der Waals surface area contributed by atoms with Crippen LogP contribution < -0.4 is 4.74 Å². The topological polar surface area (TPSA) is 9.23 Å². The summed E-state index contributed by atoms with van der Waals surface area (Å²) >= 11 is 4.83. The Morgan fingerprint density at radius 2 is 1.96 bits per heavy atom. The first-order valence-electron chi connectivity index (χ1n) is 9.65. The Morgan fingerprint density at radius 3 is 2.54 bits per heavy atom. The Labute approximate surface area is 165 Å². The monoisotopic (exact) mass is 368 g/mol. The van der Waals surface area contributed by atoms with Crippen molar-refractivity contribution in [3.8, 4) is 5.75 Å². The van der Waals surface area contributed by atoms with Crippen LogP contribution in [0.4, 0.5) is 0 Å². The second-order valence-electron chi connectivity index (χ2n) is 7.17. The number of hydrogen-bond donors (Lipinski definition) is 1. The molecule has 3 atom stereocenters. The highest BCUT2D eigenvalue weighted by atomic mass is 32.1. The lowest BCUT2D eigenvalue weighted by molar-refractivity contribution is 0.420. The molecule has 0 saturated carbocycles. The number of thiol groups is 1. The van der Waals surface area contributed by atoms with Crippen molar-refractivity contribution < 1.29 is 4.74 Å². The molecule has 140 valence electrons.